The lowest BCUT2D eigenvalue weighted by Crippen LogP contribution is -2.33. The van der Waals surface area contributed by atoms with E-state index in [-0.39, 0.29) is 12.3 Å². The molecule has 5 heteroatoms. The van der Waals surface area contributed by atoms with Gasteiger partial charge < -0.3 is 9.47 Å². The molecule has 0 radical (unpaired) electrons. The highest BCUT2D eigenvalue weighted by molar-refractivity contribution is 9.10. The van der Waals surface area contributed by atoms with Crippen LogP contribution in [-0.4, -0.2) is 17.8 Å². The fourth-order valence-electron chi connectivity index (χ4n) is 3.85. The zero-order valence-electron chi connectivity index (χ0n) is 15.4. The second-order valence-corrected chi connectivity index (χ2v) is 7.85. The highest BCUT2D eigenvalue weighted by Crippen LogP contribution is 2.48. The quantitative estimate of drug-likeness (QED) is 0.529. The van der Waals surface area contributed by atoms with Gasteiger partial charge in [-0.2, -0.15) is 5.10 Å². The van der Waals surface area contributed by atoms with Gasteiger partial charge in [0.2, 0.25) is 6.23 Å². The van der Waals surface area contributed by atoms with Crippen molar-refractivity contribution < 1.29 is 9.47 Å². The Bertz CT molecular complexity index is 1030. The van der Waals surface area contributed by atoms with Crippen molar-refractivity contribution in [3.8, 4) is 11.5 Å². The maximum Gasteiger partial charge on any atom is 0.213 e. The summed E-state index contributed by atoms with van der Waals surface area (Å²) in [6, 6.07) is 24.7. The monoisotopic (exact) mass is 434 g/mol. The third-order valence-electron chi connectivity index (χ3n) is 5.26. The number of ether oxygens (including phenoxy) is 2. The summed E-state index contributed by atoms with van der Waals surface area (Å²) in [4.78, 5) is 0. The van der Waals surface area contributed by atoms with Crippen LogP contribution in [0.25, 0.3) is 0 Å². The van der Waals surface area contributed by atoms with Crippen molar-refractivity contribution in [1.82, 2.24) is 5.01 Å². The normalized spacial score (nSPS) is 20.1. The Morgan fingerprint density at radius 2 is 1.82 bits per heavy atom. The first-order valence-electron chi connectivity index (χ1n) is 9.24. The summed E-state index contributed by atoms with van der Waals surface area (Å²) in [5.74, 6) is 1.77. The number of hydrogen-bond acceptors (Lipinski definition) is 4. The molecule has 2 heterocycles. The van der Waals surface area contributed by atoms with E-state index < -0.39 is 0 Å². The van der Waals surface area contributed by atoms with Crippen LogP contribution in [0.1, 0.15) is 35.4 Å². The van der Waals surface area contributed by atoms with Gasteiger partial charge in [-0.1, -0.05) is 46.3 Å². The molecule has 2 aliphatic heterocycles. The number of nitrogens with zero attached hydrogens (tertiary/aromatic N) is 2. The summed E-state index contributed by atoms with van der Waals surface area (Å²) in [5.41, 5.74) is 4.43. The van der Waals surface area contributed by atoms with Gasteiger partial charge >= 0.3 is 0 Å². The van der Waals surface area contributed by atoms with Gasteiger partial charge in [0, 0.05) is 22.0 Å². The average Bonchev–Trinajstić information content (AvgIpc) is 3.20. The van der Waals surface area contributed by atoms with Crippen LogP contribution in [0.5, 0.6) is 11.5 Å². The molecule has 0 N–H and O–H groups in total. The van der Waals surface area contributed by atoms with Crippen LogP contribution in [0, 0.1) is 0 Å². The van der Waals surface area contributed by atoms with Crippen molar-refractivity contribution >= 4 is 21.6 Å². The Balaban J connectivity index is 1.57. The van der Waals surface area contributed by atoms with Gasteiger partial charge in [-0.05, 0) is 48.0 Å². The van der Waals surface area contributed by atoms with Gasteiger partial charge in [0.15, 0.2) is 0 Å². The van der Waals surface area contributed by atoms with Crippen LogP contribution in [0.15, 0.2) is 82.4 Å². The van der Waals surface area contributed by atoms with Crippen molar-refractivity contribution in [2.24, 2.45) is 5.10 Å². The number of halogens is 1. The second-order valence-electron chi connectivity index (χ2n) is 6.94. The molecule has 0 saturated heterocycles. The van der Waals surface area contributed by atoms with E-state index in [1.54, 1.807) is 7.11 Å². The first-order chi connectivity index (χ1) is 13.7. The zero-order valence-corrected chi connectivity index (χ0v) is 17.0. The molecule has 2 atom stereocenters. The molecule has 0 aromatic heterocycles. The van der Waals surface area contributed by atoms with Gasteiger partial charge in [-0.15, -0.1) is 0 Å². The van der Waals surface area contributed by atoms with E-state index in [1.165, 1.54) is 0 Å². The Kier molecular flexibility index (Phi) is 4.32. The van der Waals surface area contributed by atoms with Crippen molar-refractivity contribution in [2.45, 2.75) is 18.7 Å². The highest BCUT2D eigenvalue weighted by Gasteiger charge is 2.40. The van der Waals surface area contributed by atoms with Gasteiger partial charge in [0.05, 0.1) is 18.9 Å². The van der Waals surface area contributed by atoms with Crippen LogP contribution in [0.4, 0.5) is 0 Å². The molecule has 4 nitrogen and oxygen atoms in total. The van der Waals surface area contributed by atoms with Crippen LogP contribution in [-0.2, 0) is 0 Å². The number of fused-ring (bicyclic) bond motifs is 3. The first-order valence-corrected chi connectivity index (χ1v) is 10.0. The fraction of sp³-hybridized carbons (Fsp3) is 0.174. The molecule has 0 spiro atoms. The summed E-state index contributed by atoms with van der Waals surface area (Å²) in [6.07, 6.45) is 0.596. The first kappa shape index (κ1) is 17.3. The summed E-state index contributed by atoms with van der Waals surface area (Å²) < 4.78 is 12.7. The van der Waals surface area contributed by atoms with E-state index in [0.717, 1.165) is 44.8 Å². The molecular weight excluding hydrogens is 416 g/mol. The lowest BCUT2D eigenvalue weighted by atomic mass is 9.96. The summed E-state index contributed by atoms with van der Waals surface area (Å²) >= 11 is 3.60. The van der Waals surface area contributed by atoms with Gasteiger partial charge in [-0.3, -0.25) is 0 Å². The number of rotatable bonds is 3. The van der Waals surface area contributed by atoms with E-state index in [1.807, 2.05) is 42.5 Å². The molecule has 0 fully saturated rings. The van der Waals surface area contributed by atoms with Crippen LogP contribution in [0.3, 0.4) is 0 Å². The number of hydrogen-bond donors (Lipinski definition) is 0. The Labute approximate surface area is 172 Å². The fourth-order valence-corrected chi connectivity index (χ4v) is 4.23. The third-order valence-corrected chi connectivity index (χ3v) is 5.75. The van der Waals surface area contributed by atoms with Crippen LogP contribution in [0.2, 0.25) is 0 Å². The minimum Gasteiger partial charge on any atom is -0.497 e. The van der Waals surface area contributed by atoms with Crippen molar-refractivity contribution in [1.29, 1.82) is 0 Å². The highest BCUT2D eigenvalue weighted by atomic mass is 79.9. The average molecular weight is 435 g/mol. The Morgan fingerprint density at radius 3 is 2.57 bits per heavy atom. The van der Waals surface area contributed by atoms with E-state index in [2.05, 4.69) is 51.3 Å². The zero-order chi connectivity index (χ0) is 19.1. The predicted molar refractivity (Wildman–Crippen MR) is 113 cm³/mol. The molecule has 28 heavy (non-hydrogen) atoms. The van der Waals surface area contributed by atoms with Crippen molar-refractivity contribution in [3.05, 3.63) is 94.0 Å². The summed E-state index contributed by atoms with van der Waals surface area (Å²) in [6.45, 7) is 0. The van der Waals surface area contributed by atoms with Gasteiger partial charge in [-0.25, -0.2) is 5.01 Å². The standard InChI is InChI=1S/C23H19BrN2O2/c1-27-18-10-7-15(8-11-18)20-14-21-19-13-17(24)9-12-22(19)28-23(26(21)25-20)16-5-3-2-4-6-16/h2-13,21,23H,14H2,1H3/t21-,23+/m0/s1. The van der Waals surface area contributed by atoms with Gasteiger partial charge in [0.25, 0.3) is 0 Å². The van der Waals surface area contributed by atoms with Crippen molar-refractivity contribution in [2.75, 3.05) is 7.11 Å². The van der Waals surface area contributed by atoms with Crippen LogP contribution < -0.4 is 9.47 Å². The van der Waals surface area contributed by atoms with E-state index >= 15 is 0 Å². The molecule has 0 unspecified atom stereocenters. The molecular formula is C23H19BrN2O2. The minimum absolute atomic E-state index is 0.142. The molecule has 0 saturated carbocycles. The SMILES string of the molecule is COc1ccc(C2=NN3[C@@H](c4ccccc4)Oc4ccc(Br)cc4[C@@H]3C2)cc1. The predicted octanol–water partition coefficient (Wildman–Crippen LogP) is 5.70. The maximum atomic E-state index is 6.39. The van der Waals surface area contributed by atoms with E-state index in [4.69, 9.17) is 14.6 Å². The molecule has 0 amide bonds. The largest absolute Gasteiger partial charge is 0.497 e. The number of hydrazone groups is 1. The molecule has 0 bridgehead atoms. The Hall–Kier alpha value is -2.79. The number of benzene rings is 3. The molecule has 2 aliphatic rings. The van der Waals surface area contributed by atoms with E-state index in [0.29, 0.717) is 0 Å². The van der Waals surface area contributed by atoms with Crippen molar-refractivity contribution in [3.63, 3.8) is 0 Å². The molecule has 0 aliphatic carbocycles. The summed E-state index contributed by atoms with van der Waals surface area (Å²) in [5, 5.41) is 7.09. The Morgan fingerprint density at radius 1 is 1.04 bits per heavy atom. The van der Waals surface area contributed by atoms with Crippen LogP contribution >= 0.6 is 15.9 Å². The van der Waals surface area contributed by atoms with Gasteiger partial charge in [0.1, 0.15) is 11.5 Å². The lowest BCUT2D eigenvalue weighted by molar-refractivity contribution is -0.0190. The summed E-state index contributed by atoms with van der Waals surface area (Å²) in [7, 11) is 1.68. The lowest BCUT2D eigenvalue weighted by Gasteiger charge is -2.38. The molecule has 5 rings (SSSR count). The maximum absolute atomic E-state index is 6.39. The minimum atomic E-state index is -0.240. The molecule has 140 valence electrons. The third kappa shape index (κ3) is 2.96. The molecule has 3 aromatic rings. The number of methoxy groups -OCH3 is 1. The van der Waals surface area contributed by atoms with E-state index in [9.17, 15) is 0 Å². The second kappa shape index (κ2) is 6.99. The smallest absolute Gasteiger partial charge is 0.213 e. The topological polar surface area (TPSA) is 34.1 Å². The molecule has 3 aromatic carbocycles.